The van der Waals surface area contributed by atoms with E-state index in [1.807, 2.05) is 0 Å². The van der Waals surface area contributed by atoms with Crippen LogP contribution in [-0.2, 0) is 4.79 Å². The first-order valence-corrected chi connectivity index (χ1v) is 6.64. The second-order valence-corrected chi connectivity index (χ2v) is 5.25. The number of Topliss-reactive ketones (excluding diaryl/α,β-unsaturated/α-hetero) is 1. The summed E-state index contributed by atoms with van der Waals surface area (Å²) in [5.41, 5.74) is 0.574. The summed E-state index contributed by atoms with van der Waals surface area (Å²) in [7, 11) is 0. The molecule has 1 N–H and O–H groups in total. The van der Waals surface area contributed by atoms with E-state index in [0.717, 1.165) is 12.8 Å². The molecule has 2 rings (SSSR count). The number of carbonyl (C=O) groups is 1. The summed E-state index contributed by atoms with van der Waals surface area (Å²) in [4.78, 5) is 11.2. The van der Waals surface area contributed by atoms with Crippen LogP contribution in [0, 0.1) is 0 Å². The van der Waals surface area contributed by atoms with E-state index in [0.29, 0.717) is 31.5 Å². The summed E-state index contributed by atoms with van der Waals surface area (Å²) in [5.74, 6) is 0.316. The zero-order chi connectivity index (χ0) is 11.4. The number of allylic oxidation sites excluding steroid dienone is 1. The lowest BCUT2D eigenvalue weighted by Gasteiger charge is -2.35. The largest absolute Gasteiger partial charge is 0.385 e. The molecule has 2 heteroatoms. The van der Waals surface area contributed by atoms with Crippen molar-refractivity contribution in [3.8, 4) is 0 Å². The molecule has 0 amide bonds. The van der Waals surface area contributed by atoms with Crippen molar-refractivity contribution < 1.29 is 9.90 Å². The molecule has 90 valence electrons. The molecule has 0 saturated heterocycles. The van der Waals surface area contributed by atoms with Crippen molar-refractivity contribution in [2.75, 3.05) is 0 Å². The van der Waals surface area contributed by atoms with Gasteiger partial charge in [0.1, 0.15) is 5.78 Å². The minimum atomic E-state index is -0.648. The van der Waals surface area contributed by atoms with Crippen LogP contribution in [0.15, 0.2) is 11.6 Å². The summed E-state index contributed by atoms with van der Waals surface area (Å²) < 4.78 is 0. The molecule has 0 heterocycles. The molecule has 0 bridgehead atoms. The summed E-state index contributed by atoms with van der Waals surface area (Å²) >= 11 is 0. The Bertz CT molecular complexity index is 281. The molecule has 0 spiro atoms. The molecule has 0 atom stereocenters. The fourth-order valence-electron chi connectivity index (χ4n) is 2.88. The van der Waals surface area contributed by atoms with Gasteiger partial charge in [0.05, 0.1) is 5.60 Å². The molecule has 2 aliphatic rings. The van der Waals surface area contributed by atoms with Gasteiger partial charge in [-0.1, -0.05) is 18.9 Å². The zero-order valence-electron chi connectivity index (χ0n) is 10.0. The average molecular weight is 222 g/mol. The Kier molecular flexibility index (Phi) is 3.80. The molecule has 2 aliphatic carbocycles. The summed E-state index contributed by atoms with van der Waals surface area (Å²) in [6.07, 6.45) is 11.9. The Morgan fingerprint density at radius 3 is 2.44 bits per heavy atom. The lowest BCUT2D eigenvalue weighted by atomic mass is 9.76. The van der Waals surface area contributed by atoms with Gasteiger partial charge in [-0.3, -0.25) is 4.79 Å². The van der Waals surface area contributed by atoms with Gasteiger partial charge in [-0.2, -0.15) is 0 Å². The maximum atomic E-state index is 11.2. The third-order valence-corrected chi connectivity index (χ3v) is 4.02. The van der Waals surface area contributed by atoms with Crippen LogP contribution in [0.1, 0.15) is 64.2 Å². The van der Waals surface area contributed by atoms with E-state index in [1.165, 1.54) is 31.3 Å². The van der Waals surface area contributed by atoms with E-state index < -0.39 is 5.60 Å². The van der Waals surface area contributed by atoms with Crippen LogP contribution in [0.2, 0.25) is 0 Å². The third-order valence-electron chi connectivity index (χ3n) is 4.02. The Labute approximate surface area is 97.7 Å². The first-order valence-electron chi connectivity index (χ1n) is 6.64. The lowest BCUT2D eigenvalue weighted by Crippen LogP contribution is -2.36. The highest BCUT2D eigenvalue weighted by atomic mass is 16.3. The average Bonchev–Trinajstić information content (AvgIpc) is 2.22. The summed E-state index contributed by atoms with van der Waals surface area (Å²) in [5, 5.41) is 10.6. The van der Waals surface area contributed by atoms with E-state index in [-0.39, 0.29) is 0 Å². The maximum Gasteiger partial charge on any atom is 0.133 e. The molecule has 0 radical (unpaired) electrons. The van der Waals surface area contributed by atoms with E-state index in [4.69, 9.17) is 0 Å². The van der Waals surface area contributed by atoms with Gasteiger partial charge in [0.25, 0.3) is 0 Å². The maximum absolute atomic E-state index is 11.2. The number of carbonyl (C=O) groups excluding carboxylic acids is 1. The first-order chi connectivity index (χ1) is 7.71. The number of ketones is 1. The predicted molar refractivity (Wildman–Crippen MR) is 64.2 cm³/mol. The number of aliphatic hydroxyl groups is 1. The van der Waals surface area contributed by atoms with Crippen LogP contribution in [0.3, 0.4) is 0 Å². The predicted octanol–water partition coefficient (Wildman–Crippen LogP) is 3.14. The molecule has 0 unspecified atom stereocenters. The SMILES string of the molecule is O=C1CCC(O)(C2=CCCCCCC2)CC1. The third kappa shape index (κ3) is 2.73. The van der Waals surface area contributed by atoms with Crippen molar-refractivity contribution in [3.63, 3.8) is 0 Å². The van der Waals surface area contributed by atoms with Crippen molar-refractivity contribution in [2.45, 2.75) is 69.8 Å². The number of hydrogen-bond donors (Lipinski definition) is 1. The van der Waals surface area contributed by atoms with Crippen molar-refractivity contribution in [2.24, 2.45) is 0 Å². The van der Waals surface area contributed by atoms with Crippen LogP contribution >= 0.6 is 0 Å². The van der Waals surface area contributed by atoms with E-state index in [1.54, 1.807) is 0 Å². The van der Waals surface area contributed by atoms with Crippen LogP contribution < -0.4 is 0 Å². The molecule has 0 aromatic carbocycles. The number of hydrogen-bond acceptors (Lipinski definition) is 2. The molecule has 0 aliphatic heterocycles. The van der Waals surface area contributed by atoms with Gasteiger partial charge in [0.2, 0.25) is 0 Å². The highest BCUT2D eigenvalue weighted by molar-refractivity contribution is 5.79. The van der Waals surface area contributed by atoms with Crippen LogP contribution in [0.25, 0.3) is 0 Å². The van der Waals surface area contributed by atoms with Crippen molar-refractivity contribution in [1.29, 1.82) is 0 Å². The second-order valence-electron chi connectivity index (χ2n) is 5.25. The van der Waals surface area contributed by atoms with E-state index in [2.05, 4.69) is 6.08 Å². The zero-order valence-corrected chi connectivity index (χ0v) is 10.0. The lowest BCUT2D eigenvalue weighted by molar-refractivity contribution is -0.124. The summed E-state index contributed by atoms with van der Waals surface area (Å²) in [6, 6.07) is 0. The van der Waals surface area contributed by atoms with Crippen LogP contribution in [0.4, 0.5) is 0 Å². The quantitative estimate of drug-likeness (QED) is 0.692. The Balaban J connectivity index is 2.05. The standard InChI is InChI=1S/C14H22O2/c15-13-8-10-14(16,11-9-13)12-6-4-2-1-3-5-7-12/h6,16H,1-5,7-11H2. The van der Waals surface area contributed by atoms with Gasteiger partial charge in [0.15, 0.2) is 0 Å². The highest BCUT2D eigenvalue weighted by Crippen LogP contribution is 2.36. The van der Waals surface area contributed by atoms with Crippen molar-refractivity contribution in [1.82, 2.24) is 0 Å². The number of rotatable bonds is 1. The molecule has 1 fully saturated rings. The summed E-state index contributed by atoms with van der Waals surface area (Å²) in [6.45, 7) is 0. The molecule has 1 saturated carbocycles. The highest BCUT2D eigenvalue weighted by Gasteiger charge is 2.35. The molecule has 0 aromatic rings. The van der Waals surface area contributed by atoms with Gasteiger partial charge >= 0.3 is 0 Å². The van der Waals surface area contributed by atoms with Gasteiger partial charge in [-0.15, -0.1) is 0 Å². The van der Waals surface area contributed by atoms with Crippen molar-refractivity contribution >= 4 is 5.78 Å². The molecule has 16 heavy (non-hydrogen) atoms. The van der Waals surface area contributed by atoms with Crippen LogP contribution in [-0.4, -0.2) is 16.5 Å². The molecular formula is C14H22O2. The van der Waals surface area contributed by atoms with Gasteiger partial charge in [-0.25, -0.2) is 0 Å². The van der Waals surface area contributed by atoms with Crippen LogP contribution in [0.5, 0.6) is 0 Å². The van der Waals surface area contributed by atoms with E-state index in [9.17, 15) is 9.90 Å². The van der Waals surface area contributed by atoms with Gasteiger partial charge in [-0.05, 0) is 44.1 Å². The monoisotopic (exact) mass is 222 g/mol. The van der Waals surface area contributed by atoms with E-state index >= 15 is 0 Å². The normalized spacial score (nSPS) is 26.8. The van der Waals surface area contributed by atoms with Crippen molar-refractivity contribution in [3.05, 3.63) is 11.6 Å². The smallest absolute Gasteiger partial charge is 0.133 e. The second kappa shape index (κ2) is 5.13. The Morgan fingerprint density at radius 1 is 1.00 bits per heavy atom. The topological polar surface area (TPSA) is 37.3 Å². The fourth-order valence-corrected chi connectivity index (χ4v) is 2.88. The molecule has 0 aromatic heterocycles. The molecule has 2 nitrogen and oxygen atoms in total. The molecular weight excluding hydrogens is 200 g/mol. The minimum absolute atomic E-state index is 0.316. The fraction of sp³-hybridized carbons (Fsp3) is 0.786. The first kappa shape index (κ1) is 11.8. The van der Waals surface area contributed by atoms with Gasteiger partial charge in [0, 0.05) is 12.8 Å². The Hall–Kier alpha value is -0.630. The Morgan fingerprint density at radius 2 is 1.69 bits per heavy atom. The minimum Gasteiger partial charge on any atom is -0.385 e. The van der Waals surface area contributed by atoms with Gasteiger partial charge < -0.3 is 5.11 Å².